The Hall–Kier alpha value is -1.46. The minimum absolute atomic E-state index is 0.188. The van der Waals surface area contributed by atoms with Crippen molar-refractivity contribution in [1.82, 2.24) is 0 Å². The predicted molar refractivity (Wildman–Crippen MR) is 58.1 cm³/mol. The zero-order valence-electron chi connectivity index (χ0n) is 8.58. The first-order chi connectivity index (χ1) is 6.72. The van der Waals surface area contributed by atoms with Crippen LogP contribution in [-0.2, 0) is 0 Å². The SMILES string of the molecule is CC(C)Oc1cccc(C#CCN)c1. The summed E-state index contributed by atoms with van der Waals surface area (Å²) in [6.45, 7) is 4.38. The van der Waals surface area contributed by atoms with E-state index in [1.165, 1.54) is 0 Å². The minimum Gasteiger partial charge on any atom is -0.491 e. The van der Waals surface area contributed by atoms with Crippen LogP contribution in [0.3, 0.4) is 0 Å². The molecule has 0 aliphatic heterocycles. The summed E-state index contributed by atoms with van der Waals surface area (Å²) in [4.78, 5) is 0. The monoisotopic (exact) mass is 189 g/mol. The van der Waals surface area contributed by atoms with E-state index in [-0.39, 0.29) is 6.10 Å². The summed E-state index contributed by atoms with van der Waals surface area (Å²) in [5, 5.41) is 0. The van der Waals surface area contributed by atoms with Crippen molar-refractivity contribution in [3.63, 3.8) is 0 Å². The number of hydrogen-bond donors (Lipinski definition) is 1. The van der Waals surface area contributed by atoms with Crippen LogP contribution >= 0.6 is 0 Å². The fraction of sp³-hybridized carbons (Fsp3) is 0.333. The van der Waals surface area contributed by atoms with Gasteiger partial charge in [0.2, 0.25) is 0 Å². The molecule has 2 heteroatoms. The van der Waals surface area contributed by atoms with Crippen molar-refractivity contribution < 1.29 is 4.74 Å². The van der Waals surface area contributed by atoms with Gasteiger partial charge in [0.05, 0.1) is 12.6 Å². The largest absolute Gasteiger partial charge is 0.491 e. The maximum absolute atomic E-state index is 5.54. The highest BCUT2D eigenvalue weighted by Gasteiger charge is 1.96. The van der Waals surface area contributed by atoms with Gasteiger partial charge in [0.15, 0.2) is 0 Å². The van der Waals surface area contributed by atoms with Crippen LogP contribution < -0.4 is 10.5 Å². The lowest BCUT2D eigenvalue weighted by Crippen LogP contribution is -2.05. The van der Waals surface area contributed by atoms with Gasteiger partial charge in [-0.25, -0.2) is 0 Å². The molecule has 0 aliphatic rings. The molecule has 0 unspecified atom stereocenters. The van der Waals surface area contributed by atoms with Crippen molar-refractivity contribution in [2.45, 2.75) is 20.0 Å². The zero-order valence-corrected chi connectivity index (χ0v) is 8.58. The highest BCUT2D eigenvalue weighted by molar-refractivity contribution is 5.39. The molecule has 74 valence electrons. The molecule has 0 atom stereocenters. The smallest absolute Gasteiger partial charge is 0.120 e. The van der Waals surface area contributed by atoms with Crippen molar-refractivity contribution in [1.29, 1.82) is 0 Å². The summed E-state index contributed by atoms with van der Waals surface area (Å²) < 4.78 is 5.54. The van der Waals surface area contributed by atoms with E-state index in [4.69, 9.17) is 10.5 Å². The average molecular weight is 189 g/mol. The van der Waals surface area contributed by atoms with Crippen LogP contribution in [0.15, 0.2) is 24.3 Å². The standard InChI is InChI=1S/C12H15NO/c1-10(2)14-12-7-3-5-11(9-12)6-4-8-13/h3,5,7,9-10H,8,13H2,1-2H3. The topological polar surface area (TPSA) is 35.2 Å². The molecule has 1 aromatic carbocycles. The van der Waals surface area contributed by atoms with Gasteiger partial charge in [-0.1, -0.05) is 17.9 Å². The molecule has 0 aromatic heterocycles. The molecular formula is C12H15NO. The van der Waals surface area contributed by atoms with Crippen molar-refractivity contribution in [2.24, 2.45) is 5.73 Å². The van der Waals surface area contributed by atoms with Gasteiger partial charge in [0.25, 0.3) is 0 Å². The van der Waals surface area contributed by atoms with Gasteiger partial charge in [-0.05, 0) is 32.0 Å². The van der Waals surface area contributed by atoms with E-state index in [9.17, 15) is 0 Å². The van der Waals surface area contributed by atoms with E-state index in [1.807, 2.05) is 38.1 Å². The number of benzene rings is 1. The lowest BCUT2D eigenvalue weighted by atomic mass is 10.2. The second kappa shape index (κ2) is 5.31. The van der Waals surface area contributed by atoms with Crippen molar-refractivity contribution >= 4 is 0 Å². The molecule has 0 heterocycles. The van der Waals surface area contributed by atoms with Crippen molar-refractivity contribution in [3.05, 3.63) is 29.8 Å². The highest BCUT2D eigenvalue weighted by atomic mass is 16.5. The molecule has 2 N–H and O–H groups in total. The summed E-state index contributed by atoms with van der Waals surface area (Å²) >= 11 is 0. The second-order valence-electron chi connectivity index (χ2n) is 3.20. The first-order valence-corrected chi connectivity index (χ1v) is 4.68. The van der Waals surface area contributed by atoms with E-state index in [1.54, 1.807) is 0 Å². The Morgan fingerprint density at radius 3 is 2.86 bits per heavy atom. The maximum atomic E-state index is 5.54. The Labute approximate surface area is 85.1 Å². The number of nitrogens with two attached hydrogens (primary N) is 1. The molecule has 1 aromatic rings. The fourth-order valence-electron chi connectivity index (χ4n) is 1.07. The van der Waals surface area contributed by atoms with Gasteiger partial charge in [-0.3, -0.25) is 0 Å². The third kappa shape index (κ3) is 3.51. The maximum Gasteiger partial charge on any atom is 0.120 e. The molecule has 1 rings (SSSR count). The van der Waals surface area contributed by atoms with Gasteiger partial charge >= 0.3 is 0 Å². The Balaban J connectivity index is 2.78. The molecular weight excluding hydrogens is 174 g/mol. The molecule has 0 spiro atoms. The lowest BCUT2D eigenvalue weighted by Gasteiger charge is -2.09. The molecule has 14 heavy (non-hydrogen) atoms. The molecule has 0 saturated heterocycles. The molecule has 0 bridgehead atoms. The van der Waals surface area contributed by atoms with Crippen LogP contribution in [0, 0.1) is 11.8 Å². The summed E-state index contributed by atoms with van der Waals surface area (Å²) in [7, 11) is 0. The Kier molecular flexibility index (Phi) is 4.03. The van der Waals surface area contributed by atoms with Crippen LogP contribution in [0.25, 0.3) is 0 Å². The average Bonchev–Trinajstić information content (AvgIpc) is 2.14. The van der Waals surface area contributed by atoms with Crippen LogP contribution in [-0.4, -0.2) is 12.6 Å². The summed E-state index contributed by atoms with van der Waals surface area (Å²) in [6, 6.07) is 7.71. The molecule has 2 nitrogen and oxygen atoms in total. The van der Waals surface area contributed by atoms with E-state index < -0.39 is 0 Å². The molecule has 0 fully saturated rings. The number of rotatable bonds is 2. The van der Waals surface area contributed by atoms with E-state index >= 15 is 0 Å². The van der Waals surface area contributed by atoms with Crippen molar-refractivity contribution in [3.8, 4) is 17.6 Å². The first kappa shape index (κ1) is 10.6. The third-order valence-corrected chi connectivity index (χ3v) is 1.54. The van der Waals surface area contributed by atoms with E-state index in [2.05, 4.69) is 11.8 Å². The third-order valence-electron chi connectivity index (χ3n) is 1.54. The zero-order chi connectivity index (χ0) is 10.4. The first-order valence-electron chi connectivity index (χ1n) is 4.68. The summed E-state index contributed by atoms with van der Waals surface area (Å²) in [5.41, 5.74) is 6.23. The van der Waals surface area contributed by atoms with Crippen LogP contribution in [0.1, 0.15) is 19.4 Å². The van der Waals surface area contributed by atoms with Gasteiger partial charge in [-0.2, -0.15) is 0 Å². The summed E-state index contributed by atoms with van der Waals surface area (Å²) in [5.74, 6) is 6.62. The van der Waals surface area contributed by atoms with Crippen LogP contribution in [0.2, 0.25) is 0 Å². The Bertz CT molecular complexity index is 347. The van der Waals surface area contributed by atoms with Crippen LogP contribution in [0.5, 0.6) is 5.75 Å². The lowest BCUT2D eigenvalue weighted by molar-refractivity contribution is 0.242. The second-order valence-corrected chi connectivity index (χ2v) is 3.20. The predicted octanol–water partition coefficient (Wildman–Crippen LogP) is 1.78. The molecule has 0 amide bonds. The van der Waals surface area contributed by atoms with E-state index in [0.29, 0.717) is 6.54 Å². The number of ether oxygens (including phenoxy) is 1. The quantitative estimate of drug-likeness (QED) is 0.720. The van der Waals surface area contributed by atoms with Gasteiger partial charge < -0.3 is 10.5 Å². The minimum atomic E-state index is 0.188. The number of hydrogen-bond acceptors (Lipinski definition) is 2. The van der Waals surface area contributed by atoms with Gasteiger partial charge in [0, 0.05) is 5.56 Å². The van der Waals surface area contributed by atoms with Gasteiger partial charge in [0.1, 0.15) is 5.75 Å². The molecule has 0 saturated carbocycles. The van der Waals surface area contributed by atoms with Gasteiger partial charge in [-0.15, -0.1) is 0 Å². The highest BCUT2D eigenvalue weighted by Crippen LogP contribution is 2.13. The summed E-state index contributed by atoms with van der Waals surface area (Å²) in [6.07, 6.45) is 0.188. The van der Waals surface area contributed by atoms with E-state index in [0.717, 1.165) is 11.3 Å². The van der Waals surface area contributed by atoms with Crippen LogP contribution in [0.4, 0.5) is 0 Å². The van der Waals surface area contributed by atoms with Crippen molar-refractivity contribution in [2.75, 3.05) is 6.54 Å². The Morgan fingerprint density at radius 2 is 2.21 bits per heavy atom. The Morgan fingerprint density at radius 1 is 1.43 bits per heavy atom. The molecule has 0 radical (unpaired) electrons. The normalized spacial score (nSPS) is 9.43. The fourth-order valence-corrected chi connectivity index (χ4v) is 1.07. The molecule has 0 aliphatic carbocycles.